The van der Waals surface area contributed by atoms with Gasteiger partial charge in [0.15, 0.2) is 0 Å². The van der Waals surface area contributed by atoms with E-state index in [0.717, 1.165) is 19.6 Å². The third-order valence-corrected chi connectivity index (χ3v) is 3.56. The van der Waals surface area contributed by atoms with Gasteiger partial charge < -0.3 is 10.6 Å². The first-order chi connectivity index (χ1) is 9.02. The van der Waals surface area contributed by atoms with Crippen LogP contribution in [0.3, 0.4) is 0 Å². The number of hydrogen-bond acceptors (Lipinski definition) is 2. The Morgan fingerprint density at radius 3 is 2.32 bits per heavy atom. The Kier molecular flexibility index (Phi) is 7.11. The van der Waals surface area contributed by atoms with Crippen LogP contribution in [0.2, 0.25) is 0 Å². The summed E-state index contributed by atoms with van der Waals surface area (Å²) in [6.45, 7) is 12.3. The molecule has 0 saturated carbocycles. The third-order valence-electron chi connectivity index (χ3n) is 3.56. The van der Waals surface area contributed by atoms with E-state index in [1.165, 1.54) is 18.4 Å². The Morgan fingerprint density at radius 1 is 1.00 bits per heavy atom. The van der Waals surface area contributed by atoms with E-state index >= 15 is 0 Å². The van der Waals surface area contributed by atoms with E-state index in [9.17, 15) is 0 Å². The first kappa shape index (κ1) is 16.2. The van der Waals surface area contributed by atoms with Gasteiger partial charge in [-0.15, -0.1) is 0 Å². The standard InChI is InChI=1S/C17H30N2/c1-15(2)19-13-8-12-18-14-11-17(3,4)16-9-6-5-7-10-16/h5-7,9-10,15,18-19H,8,11-14H2,1-4H3. The molecule has 0 fully saturated rings. The van der Waals surface area contributed by atoms with Gasteiger partial charge in [-0.1, -0.05) is 58.0 Å². The van der Waals surface area contributed by atoms with Crippen LogP contribution in [0.4, 0.5) is 0 Å². The molecule has 2 heteroatoms. The zero-order valence-corrected chi connectivity index (χ0v) is 13.0. The summed E-state index contributed by atoms with van der Waals surface area (Å²) in [5, 5.41) is 6.98. The molecule has 1 rings (SSSR count). The first-order valence-electron chi connectivity index (χ1n) is 7.52. The number of nitrogens with one attached hydrogen (secondary N) is 2. The molecule has 1 aromatic rings. The van der Waals surface area contributed by atoms with E-state index in [1.54, 1.807) is 0 Å². The maximum atomic E-state index is 3.54. The summed E-state index contributed by atoms with van der Waals surface area (Å²) in [6, 6.07) is 11.4. The molecule has 0 saturated heterocycles. The highest BCUT2D eigenvalue weighted by atomic mass is 14.9. The molecule has 0 aliphatic carbocycles. The van der Waals surface area contributed by atoms with Gasteiger partial charge in [0.05, 0.1) is 0 Å². The molecule has 0 spiro atoms. The minimum atomic E-state index is 0.254. The highest BCUT2D eigenvalue weighted by Gasteiger charge is 2.19. The monoisotopic (exact) mass is 262 g/mol. The second-order valence-electron chi connectivity index (χ2n) is 6.21. The highest BCUT2D eigenvalue weighted by molar-refractivity contribution is 5.23. The second kappa shape index (κ2) is 8.34. The van der Waals surface area contributed by atoms with Gasteiger partial charge in [-0.05, 0) is 43.5 Å². The molecule has 0 heterocycles. The predicted octanol–water partition coefficient (Wildman–Crippen LogP) is 3.33. The summed E-state index contributed by atoms with van der Waals surface area (Å²) in [6.07, 6.45) is 2.37. The maximum absolute atomic E-state index is 3.54. The van der Waals surface area contributed by atoms with E-state index < -0.39 is 0 Å². The van der Waals surface area contributed by atoms with Crippen molar-refractivity contribution in [2.24, 2.45) is 0 Å². The fourth-order valence-corrected chi connectivity index (χ4v) is 2.16. The Balaban J connectivity index is 2.15. The smallest absolute Gasteiger partial charge is 0.00103 e. The van der Waals surface area contributed by atoms with E-state index in [1.807, 2.05) is 0 Å². The van der Waals surface area contributed by atoms with Crippen molar-refractivity contribution in [3.8, 4) is 0 Å². The number of rotatable bonds is 9. The molecule has 0 atom stereocenters. The van der Waals surface area contributed by atoms with Crippen LogP contribution in [0.15, 0.2) is 30.3 Å². The molecule has 2 N–H and O–H groups in total. The van der Waals surface area contributed by atoms with Gasteiger partial charge in [-0.3, -0.25) is 0 Å². The molecule has 108 valence electrons. The van der Waals surface area contributed by atoms with E-state index in [0.29, 0.717) is 6.04 Å². The van der Waals surface area contributed by atoms with Gasteiger partial charge in [0, 0.05) is 6.04 Å². The molecule has 0 aliphatic heterocycles. The Bertz CT molecular complexity index is 330. The lowest BCUT2D eigenvalue weighted by atomic mass is 9.81. The Labute approximate surface area is 119 Å². The quantitative estimate of drug-likeness (QED) is 0.667. The van der Waals surface area contributed by atoms with Gasteiger partial charge >= 0.3 is 0 Å². The van der Waals surface area contributed by atoms with Crippen LogP contribution in [0.5, 0.6) is 0 Å². The first-order valence-corrected chi connectivity index (χ1v) is 7.52. The van der Waals surface area contributed by atoms with Crippen molar-refractivity contribution < 1.29 is 0 Å². The SMILES string of the molecule is CC(C)NCCCNCCC(C)(C)c1ccccc1. The number of benzene rings is 1. The minimum absolute atomic E-state index is 0.254. The molecular weight excluding hydrogens is 232 g/mol. The van der Waals surface area contributed by atoms with Gasteiger partial charge in [0.1, 0.15) is 0 Å². The molecule has 0 aromatic heterocycles. The summed E-state index contributed by atoms with van der Waals surface area (Å²) in [4.78, 5) is 0. The Hall–Kier alpha value is -0.860. The average Bonchev–Trinajstić information content (AvgIpc) is 2.38. The maximum Gasteiger partial charge on any atom is 0.00103 e. The third kappa shape index (κ3) is 6.74. The summed E-state index contributed by atoms with van der Waals surface area (Å²) in [7, 11) is 0. The lowest BCUT2D eigenvalue weighted by Crippen LogP contribution is -2.29. The molecule has 0 radical (unpaired) electrons. The van der Waals surface area contributed by atoms with Crippen LogP contribution in [0.25, 0.3) is 0 Å². The van der Waals surface area contributed by atoms with Crippen molar-refractivity contribution in [3.05, 3.63) is 35.9 Å². The van der Waals surface area contributed by atoms with Crippen LogP contribution in [-0.2, 0) is 5.41 Å². The number of hydrogen-bond donors (Lipinski definition) is 2. The second-order valence-corrected chi connectivity index (χ2v) is 6.21. The van der Waals surface area contributed by atoms with Crippen LogP contribution < -0.4 is 10.6 Å². The molecule has 0 bridgehead atoms. The van der Waals surface area contributed by atoms with Crippen molar-refractivity contribution >= 4 is 0 Å². The van der Waals surface area contributed by atoms with Crippen LogP contribution >= 0.6 is 0 Å². The zero-order chi connectivity index (χ0) is 14.1. The van der Waals surface area contributed by atoms with Gasteiger partial charge in [0.2, 0.25) is 0 Å². The topological polar surface area (TPSA) is 24.1 Å². The molecule has 1 aromatic carbocycles. The van der Waals surface area contributed by atoms with E-state index in [2.05, 4.69) is 68.7 Å². The van der Waals surface area contributed by atoms with Crippen molar-refractivity contribution in [3.63, 3.8) is 0 Å². The molecular formula is C17H30N2. The minimum Gasteiger partial charge on any atom is -0.317 e. The van der Waals surface area contributed by atoms with Gasteiger partial charge in [-0.2, -0.15) is 0 Å². The summed E-state index contributed by atoms with van der Waals surface area (Å²) >= 11 is 0. The molecule has 19 heavy (non-hydrogen) atoms. The lowest BCUT2D eigenvalue weighted by Gasteiger charge is -2.25. The normalized spacial score (nSPS) is 12.1. The van der Waals surface area contributed by atoms with Crippen molar-refractivity contribution in [2.75, 3.05) is 19.6 Å². The van der Waals surface area contributed by atoms with Gasteiger partial charge in [0.25, 0.3) is 0 Å². The fraction of sp³-hybridized carbons (Fsp3) is 0.647. The molecule has 0 amide bonds. The highest BCUT2D eigenvalue weighted by Crippen LogP contribution is 2.25. The Morgan fingerprint density at radius 2 is 1.68 bits per heavy atom. The molecule has 0 aliphatic rings. The average molecular weight is 262 g/mol. The molecule has 2 nitrogen and oxygen atoms in total. The van der Waals surface area contributed by atoms with E-state index in [-0.39, 0.29) is 5.41 Å². The van der Waals surface area contributed by atoms with Gasteiger partial charge in [-0.25, -0.2) is 0 Å². The molecule has 0 unspecified atom stereocenters. The summed E-state index contributed by atoms with van der Waals surface area (Å²) in [5.74, 6) is 0. The van der Waals surface area contributed by atoms with Crippen molar-refractivity contribution in [2.45, 2.75) is 52.0 Å². The van der Waals surface area contributed by atoms with E-state index in [4.69, 9.17) is 0 Å². The van der Waals surface area contributed by atoms with Crippen LogP contribution in [0.1, 0.15) is 46.1 Å². The largest absolute Gasteiger partial charge is 0.317 e. The van der Waals surface area contributed by atoms with Crippen molar-refractivity contribution in [1.29, 1.82) is 0 Å². The predicted molar refractivity (Wildman–Crippen MR) is 84.7 cm³/mol. The lowest BCUT2D eigenvalue weighted by molar-refractivity contribution is 0.452. The fourth-order valence-electron chi connectivity index (χ4n) is 2.16. The van der Waals surface area contributed by atoms with Crippen LogP contribution in [-0.4, -0.2) is 25.7 Å². The van der Waals surface area contributed by atoms with Crippen molar-refractivity contribution in [1.82, 2.24) is 10.6 Å². The zero-order valence-electron chi connectivity index (χ0n) is 13.0. The summed E-state index contributed by atoms with van der Waals surface area (Å²) in [5.41, 5.74) is 1.68. The van der Waals surface area contributed by atoms with Crippen LogP contribution in [0, 0.1) is 0 Å². The summed E-state index contributed by atoms with van der Waals surface area (Å²) < 4.78 is 0.